The zero-order chi connectivity index (χ0) is 19.3. The SMILES string of the molecule is CC(=O)Nc1ccc(S(=O)(=O)NCC(=O)N(C)Cc2ccc(C)o2)cc1. The highest BCUT2D eigenvalue weighted by Crippen LogP contribution is 2.14. The summed E-state index contributed by atoms with van der Waals surface area (Å²) in [6, 6.07) is 9.22. The van der Waals surface area contributed by atoms with Gasteiger partial charge in [0, 0.05) is 19.7 Å². The Morgan fingerprint density at radius 2 is 1.77 bits per heavy atom. The highest BCUT2D eigenvalue weighted by Gasteiger charge is 2.18. The number of hydrogen-bond donors (Lipinski definition) is 2. The van der Waals surface area contributed by atoms with E-state index in [-0.39, 0.29) is 23.9 Å². The number of rotatable bonds is 7. The van der Waals surface area contributed by atoms with Crippen LogP contribution in [0.5, 0.6) is 0 Å². The van der Waals surface area contributed by atoms with Crippen LogP contribution >= 0.6 is 0 Å². The third kappa shape index (κ3) is 5.43. The molecule has 0 aliphatic carbocycles. The monoisotopic (exact) mass is 379 g/mol. The fourth-order valence-corrected chi connectivity index (χ4v) is 3.16. The summed E-state index contributed by atoms with van der Waals surface area (Å²) in [5.41, 5.74) is 0.487. The van der Waals surface area contributed by atoms with Crippen molar-refractivity contribution >= 4 is 27.5 Å². The van der Waals surface area contributed by atoms with E-state index < -0.39 is 15.9 Å². The van der Waals surface area contributed by atoms with Crippen molar-refractivity contribution in [3.8, 4) is 0 Å². The van der Waals surface area contributed by atoms with Gasteiger partial charge in [-0.15, -0.1) is 0 Å². The van der Waals surface area contributed by atoms with Gasteiger partial charge < -0.3 is 14.6 Å². The Hall–Kier alpha value is -2.65. The van der Waals surface area contributed by atoms with E-state index >= 15 is 0 Å². The molecular formula is C17H21N3O5S. The molecule has 0 radical (unpaired) electrons. The van der Waals surface area contributed by atoms with Gasteiger partial charge in [-0.3, -0.25) is 9.59 Å². The largest absolute Gasteiger partial charge is 0.464 e. The van der Waals surface area contributed by atoms with Crippen LogP contribution in [-0.2, 0) is 26.2 Å². The van der Waals surface area contributed by atoms with Crippen LogP contribution in [-0.4, -0.2) is 38.7 Å². The fourth-order valence-electron chi connectivity index (χ4n) is 2.19. The van der Waals surface area contributed by atoms with Crippen LogP contribution in [0.15, 0.2) is 45.7 Å². The summed E-state index contributed by atoms with van der Waals surface area (Å²) < 4.78 is 32.2. The van der Waals surface area contributed by atoms with Crippen LogP contribution in [0.25, 0.3) is 0 Å². The quantitative estimate of drug-likeness (QED) is 0.757. The maximum atomic E-state index is 12.3. The molecule has 0 spiro atoms. The van der Waals surface area contributed by atoms with Crippen LogP contribution in [0.4, 0.5) is 5.69 Å². The molecule has 2 aromatic rings. The molecule has 2 amide bonds. The van der Waals surface area contributed by atoms with Gasteiger partial charge in [0.2, 0.25) is 21.8 Å². The number of nitrogens with zero attached hydrogens (tertiary/aromatic N) is 1. The van der Waals surface area contributed by atoms with Gasteiger partial charge in [-0.2, -0.15) is 0 Å². The molecule has 0 fully saturated rings. The standard InChI is InChI=1S/C17H21N3O5S/c1-12-4-7-15(25-12)11-20(3)17(22)10-18-26(23,24)16-8-5-14(6-9-16)19-13(2)21/h4-9,18H,10-11H2,1-3H3,(H,19,21). The normalized spacial score (nSPS) is 11.2. The van der Waals surface area contributed by atoms with Crippen molar-refractivity contribution in [1.82, 2.24) is 9.62 Å². The number of sulfonamides is 1. The number of carbonyl (C=O) groups excluding carboxylic acids is 2. The van der Waals surface area contributed by atoms with Crippen molar-refractivity contribution in [1.29, 1.82) is 0 Å². The second-order valence-electron chi connectivity index (χ2n) is 5.79. The second-order valence-corrected chi connectivity index (χ2v) is 7.56. The van der Waals surface area contributed by atoms with Gasteiger partial charge in [-0.05, 0) is 43.3 Å². The van der Waals surface area contributed by atoms with E-state index in [2.05, 4.69) is 10.0 Å². The maximum Gasteiger partial charge on any atom is 0.241 e. The maximum absolute atomic E-state index is 12.3. The first-order valence-electron chi connectivity index (χ1n) is 7.84. The number of furan rings is 1. The molecule has 0 aliphatic rings. The Balaban J connectivity index is 1.94. The minimum atomic E-state index is -3.84. The van der Waals surface area contributed by atoms with Gasteiger partial charge in [0.1, 0.15) is 11.5 Å². The van der Waals surface area contributed by atoms with Gasteiger partial charge in [-0.1, -0.05) is 0 Å². The van der Waals surface area contributed by atoms with E-state index in [1.807, 2.05) is 0 Å². The Labute approximate surface area is 152 Å². The lowest BCUT2D eigenvalue weighted by Gasteiger charge is -2.16. The number of benzene rings is 1. The highest BCUT2D eigenvalue weighted by molar-refractivity contribution is 7.89. The molecule has 0 aliphatic heterocycles. The second kappa shape index (κ2) is 8.15. The summed E-state index contributed by atoms with van der Waals surface area (Å²) in [6.45, 7) is 3.04. The highest BCUT2D eigenvalue weighted by atomic mass is 32.2. The molecule has 1 aromatic heterocycles. The van der Waals surface area contributed by atoms with Crippen LogP contribution in [0, 0.1) is 6.92 Å². The van der Waals surface area contributed by atoms with Crippen LogP contribution in [0.1, 0.15) is 18.4 Å². The molecule has 0 atom stereocenters. The number of amides is 2. The molecule has 140 valence electrons. The smallest absolute Gasteiger partial charge is 0.241 e. The Kier molecular flexibility index (Phi) is 6.17. The Morgan fingerprint density at radius 3 is 2.31 bits per heavy atom. The topological polar surface area (TPSA) is 109 Å². The predicted molar refractivity (Wildman–Crippen MR) is 95.9 cm³/mol. The van der Waals surface area contributed by atoms with Crippen molar-refractivity contribution < 1.29 is 22.4 Å². The van der Waals surface area contributed by atoms with Gasteiger partial charge >= 0.3 is 0 Å². The zero-order valence-corrected chi connectivity index (χ0v) is 15.6. The summed E-state index contributed by atoms with van der Waals surface area (Å²) in [6.07, 6.45) is 0. The number of aryl methyl sites for hydroxylation is 1. The van der Waals surface area contributed by atoms with E-state index in [0.29, 0.717) is 11.4 Å². The molecule has 1 heterocycles. The van der Waals surface area contributed by atoms with Crippen molar-refractivity contribution in [2.24, 2.45) is 0 Å². The first-order valence-corrected chi connectivity index (χ1v) is 9.32. The average molecular weight is 379 g/mol. The summed E-state index contributed by atoms with van der Waals surface area (Å²) in [5, 5.41) is 2.55. The van der Waals surface area contributed by atoms with E-state index in [1.165, 1.54) is 36.1 Å². The number of hydrogen-bond acceptors (Lipinski definition) is 5. The average Bonchev–Trinajstić information content (AvgIpc) is 2.97. The molecule has 1 aromatic carbocycles. The summed E-state index contributed by atoms with van der Waals surface area (Å²) >= 11 is 0. The van der Waals surface area contributed by atoms with E-state index in [0.717, 1.165) is 5.76 Å². The molecule has 9 heteroatoms. The lowest BCUT2D eigenvalue weighted by atomic mass is 10.3. The van der Waals surface area contributed by atoms with Crippen molar-refractivity contribution in [3.63, 3.8) is 0 Å². The Morgan fingerprint density at radius 1 is 1.12 bits per heavy atom. The molecule has 0 bridgehead atoms. The molecule has 0 saturated heterocycles. The predicted octanol–water partition coefficient (Wildman–Crippen LogP) is 1.48. The third-order valence-corrected chi connectivity index (χ3v) is 4.93. The Bertz CT molecular complexity index is 887. The summed E-state index contributed by atoms with van der Waals surface area (Å²) in [7, 11) is -2.27. The fraction of sp³-hybridized carbons (Fsp3) is 0.294. The summed E-state index contributed by atoms with van der Waals surface area (Å²) in [4.78, 5) is 24.5. The van der Waals surface area contributed by atoms with Gasteiger partial charge in [0.25, 0.3) is 0 Å². The molecule has 2 N–H and O–H groups in total. The van der Waals surface area contributed by atoms with E-state index in [4.69, 9.17) is 4.42 Å². The first kappa shape index (κ1) is 19.7. The molecule has 8 nitrogen and oxygen atoms in total. The van der Waals surface area contributed by atoms with Crippen molar-refractivity contribution in [2.75, 3.05) is 18.9 Å². The van der Waals surface area contributed by atoms with Gasteiger partial charge in [0.15, 0.2) is 0 Å². The molecule has 0 unspecified atom stereocenters. The van der Waals surface area contributed by atoms with Gasteiger partial charge in [0.05, 0.1) is 18.0 Å². The number of carbonyl (C=O) groups is 2. The lowest BCUT2D eigenvalue weighted by Crippen LogP contribution is -2.37. The number of nitrogens with one attached hydrogen (secondary N) is 2. The van der Waals surface area contributed by atoms with Crippen molar-refractivity contribution in [2.45, 2.75) is 25.3 Å². The third-order valence-electron chi connectivity index (χ3n) is 3.51. The zero-order valence-electron chi connectivity index (χ0n) is 14.8. The van der Waals surface area contributed by atoms with Gasteiger partial charge in [-0.25, -0.2) is 13.1 Å². The lowest BCUT2D eigenvalue weighted by molar-refractivity contribution is -0.129. The van der Waals surface area contributed by atoms with Crippen LogP contribution in [0.2, 0.25) is 0 Å². The molecule has 26 heavy (non-hydrogen) atoms. The molecular weight excluding hydrogens is 358 g/mol. The first-order chi connectivity index (χ1) is 12.2. The van der Waals surface area contributed by atoms with E-state index in [1.54, 1.807) is 26.1 Å². The van der Waals surface area contributed by atoms with Crippen LogP contribution in [0.3, 0.4) is 0 Å². The number of anilines is 1. The number of likely N-dealkylation sites (N-methyl/N-ethyl adjacent to an activating group) is 1. The molecule has 2 rings (SSSR count). The van der Waals surface area contributed by atoms with Crippen molar-refractivity contribution in [3.05, 3.63) is 47.9 Å². The van der Waals surface area contributed by atoms with E-state index in [9.17, 15) is 18.0 Å². The minimum absolute atomic E-state index is 0.00344. The minimum Gasteiger partial charge on any atom is -0.464 e. The molecule has 0 saturated carbocycles. The summed E-state index contributed by atoms with van der Waals surface area (Å²) in [5.74, 6) is 0.718. The van der Waals surface area contributed by atoms with Crippen LogP contribution < -0.4 is 10.0 Å².